The maximum atomic E-state index is 11.8. The molecule has 1 fully saturated rings. The second kappa shape index (κ2) is 4.78. The highest BCUT2D eigenvalue weighted by Gasteiger charge is 2.40. The minimum atomic E-state index is -0.628. The SMILES string of the molecule is CC(=O)N1C(=O)O[C@H](c2ccccc2)[C@H](C)N1C. The van der Waals surface area contributed by atoms with Gasteiger partial charge in [-0.05, 0) is 12.5 Å². The Morgan fingerprint density at radius 3 is 2.44 bits per heavy atom. The monoisotopic (exact) mass is 248 g/mol. The van der Waals surface area contributed by atoms with E-state index in [1.165, 1.54) is 6.92 Å². The fourth-order valence-corrected chi connectivity index (χ4v) is 2.10. The first kappa shape index (κ1) is 12.6. The molecule has 0 spiro atoms. The van der Waals surface area contributed by atoms with Gasteiger partial charge in [0.15, 0.2) is 0 Å². The third kappa shape index (κ3) is 2.09. The van der Waals surface area contributed by atoms with Gasteiger partial charge < -0.3 is 4.74 Å². The number of hydrazine groups is 1. The van der Waals surface area contributed by atoms with E-state index < -0.39 is 6.09 Å². The Morgan fingerprint density at radius 1 is 1.28 bits per heavy atom. The van der Waals surface area contributed by atoms with Crippen LogP contribution in [0.5, 0.6) is 0 Å². The standard InChI is InChI=1S/C13H16N2O3/c1-9-12(11-7-5-4-6-8-11)18-13(17)15(10(2)16)14(9)3/h4-9,12H,1-3H3/t9-,12-/m0/s1. The smallest absolute Gasteiger partial charge is 0.432 e. The first-order valence-corrected chi connectivity index (χ1v) is 5.81. The van der Waals surface area contributed by atoms with Crippen molar-refractivity contribution in [1.29, 1.82) is 0 Å². The highest BCUT2D eigenvalue weighted by atomic mass is 16.6. The molecular formula is C13H16N2O3. The summed E-state index contributed by atoms with van der Waals surface area (Å²) in [5.74, 6) is -0.346. The molecule has 5 heteroatoms. The maximum Gasteiger partial charge on any atom is 0.432 e. The van der Waals surface area contributed by atoms with Crippen LogP contribution in [0.3, 0.4) is 0 Å². The van der Waals surface area contributed by atoms with Gasteiger partial charge in [0.05, 0.1) is 6.04 Å². The molecule has 0 saturated carbocycles. The molecule has 0 aromatic heterocycles. The van der Waals surface area contributed by atoms with Gasteiger partial charge in [-0.15, -0.1) is 0 Å². The second-order valence-corrected chi connectivity index (χ2v) is 4.36. The van der Waals surface area contributed by atoms with Crippen LogP contribution in [0.4, 0.5) is 4.79 Å². The number of amides is 2. The summed E-state index contributed by atoms with van der Waals surface area (Å²) in [7, 11) is 1.71. The molecule has 96 valence electrons. The molecule has 18 heavy (non-hydrogen) atoms. The van der Waals surface area contributed by atoms with Gasteiger partial charge in [0.2, 0.25) is 5.91 Å². The molecule has 0 radical (unpaired) electrons. The number of hydrogen-bond donors (Lipinski definition) is 0. The van der Waals surface area contributed by atoms with Crippen LogP contribution in [0.25, 0.3) is 0 Å². The molecule has 0 aliphatic carbocycles. The first-order valence-electron chi connectivity index (χ1n) is 5.81. The van der Waals surface area contributed by atoms with Crippen molar-refractivity contribution in [3.63, 3.8) is 0 Å². The van der Waals surface area contributed by atoms with E-state index in [2.05, 4.69) is 0 Å². The van der Waals surface area contributed by atoms with Crippen molar-refractivity contribution in [2.45, 2.75) is 26.0 Å². The minimum Gasteiger partial charge on any atom is -0.438 e. The quantitative estimate of drug-likeness (QED) is 0.762. The topological polar surface area (TPSA) is 49.9 Å². The van der Waals surface area contributed by atoms with Gasteiger partial charge in [0, 0.05) is 14.0 Å². The molecule has 1 saturated heterocycles. The van der Waals surface area contributed by atoms with E-state index in [0.29, 0.717) is 0 Å². The molecule has 1 aromatic carbocycles. The molecule has 2 atom stereocenters. The highest BCUT2D eigenvalue weighted by Crippen LogP contribution is 2.30. The van der Waals surface area contributed by atoms with E-state index in [1.807, 2.05) is 37.3 Å². The maximum absolute atomic E-state index is 11.8. The summed E-state index contributed by atoms with van der Waals surface area (Å²) < 4.78 is 5.35. The number of carbonyl (C=O) groups is 2. The summed E-state index contributed by atoms with van der Waals surface area (Å²) in [6, 6.07) is 9.41. The molecule has 5 nitrogen and oxygen atoms in total. The van der Waals surface area contributed by atoms with Crippen molar-refractivity contribution in [3.8, 4) is 0 Å². The molecule has 0 unspecified atom stereocenters. The summed E-state index contributed by atoms with van der Waals surface area (Å²) in [4.78, 5) is 23.2. The minimum absolute atomic E-state index is 0.103. The Hall–Kier alpha value is -1.88. The van der Waals surface area contributed by atoms with Crippen LogP contribution in [0, 0.1) is 0 Å². The Balaban J connectivity index is 2.28. The lowest BCUT2D eigenvalue weighted by molar-refractivity contribution is -0.160. The molecule has 2 amide bonds. The van der Waals surface area contributed by atoms with E-state index in [-0.39, 0.29) is 18.1 Å². The molecule has 1 aromatic rings. The largest absolute Gasteiger partial charge is 0.438 e. The predicted molar refractivity (Wildman–Crippen MR) is 65.4 cm³/mol. The lowest BCUT2D eigenvalue weighted by Crippen LogP contribution is -2.57. The summed E-state index contributed by atoms with van der Waals surface area (Å²) in [6.07, 6.45) is -0.990. The van der Waals surface area contributed by atoms with Crippen LogP contribution in [0.15, 0.2) is 30.3 Å². The zero-order valence-corrected chi connectivity index (χ0v) is 10.7. The van der Waals surface area contributed by atoms with Crippen LogP contribution in [0.1, 0.15) is 25.5 Å². The first-order chi connectivity index (χ1) is 8.52. The summed E-state index contributed by atoms with van der Waals surface area (Å²) >= 11 is 0. The third-order valence-corrected chi connectivity index (χ3v) is 3.17. The molecular weight excluding hydrogens is 232 g/mol. The number of likely N-dealkylation sites (N-methyl/N-ethyl adjacent to an activating group) is 1. The van der Waals surface area contributed by atoms with Crippen molar-refractivity contribution in [2.24, 2.45) is 0 Å². The van der Waals surface area contributed by atoms with Crippen LogP contribution < -0.4 is 0 Å². The van der Waals surface area contributed by atoms with E-state index in [4.69, 9.17) is 4.74 Å². The van der Waals surface area contributed by atoms with Gasteiger partial charge in [0.1, 0.15) is 6.10 Å². The van der Waals surface area contributed by atoms with Crippen molar-refractivity contribution in [3.05, 3.63) is 35.9 Å². The van der Waals surface area contributed by atoms with Gasteiger partial charge in [-0.1, -0.05) is 30.3 Å². The number of cyclic esters (lactones) is 1. The fraction of sp³-hybridized carbons (Fsp3) is 0.385. The van der Waals surface area contributed by atoms with E-state index in [0.717, 1.165) is 10.6 Å². The van der Waals surface area contributed by atoms with E-state index in [1.54, 1.807) is 12.1 Å². The van der Waals surface area contributed by atoms with Gasteiger partial charge in [0.25, 0.3) is 0 Å². The van der Waals surface area contributed by atoms with Gasteiger partial charge in [-0.25, -0.2) is 9.80 Å². The highest BCUT2D eigenvalue weighted by molar-refractivity contribution is 5.90. The number of benzene rings is 1. The van der Waals surface area contributed by atoms with Crippen LogP contribution in [0.2, 0.25) is 0 Å². The normalized spacial score (nSPS) is 24.8. The number of nitrogens with zero attached hydrogens (tertiary/aromatic N) is 2. The third-order valence-electron chi connectivity index (χ3n) is 3.17. The Kier molecular flexibility index (Phi) is 3.34. The Morgan fingerprint density at radius 2 is 1.89 bits per heavy atom. The predicted octanol–water partition coefficient (Wildman–Crippen LogP) is 1.96. The second-order valence-electron chi connectivity index (χ2n) is 4.36. The summed E-state index contributed by atoms with van der Waals surface area (Å²) in [5.41, 5.74) is 0.924. The number of carbonyl (C=O) groups excluding carboxylic acids is 2. The van der Waals surface area contributed by atoms with Gasteiger partial charge in [-0.3, -0.25) is 4.79 Å². The number of hydrogen-bond acceptors (Lipinski definition) is 4. The van der Waals surface area contributed by atoms with Gasteiger partial charge >= 0.3 is 6.09 Å². The van der Waals surface area contributed by atoms with Crippen molar-refractivity contribution < 1.29 is 14.3 Å². The van der Waals surface area contributed by atoms with Crippen LogP contribution >= 0.6 is 0 Å². The average Bonchev–Trinajstić information content (AvgIpc) is 2.34. The molecule has 1 aliphatic rings. The molecule has 2 rings (SSSR count). The van der Waals surface area contributed by atoms with Crippen molar-refractivity contribution >= 4 is 12.0 Å². The molecule has 0 bridgehead atoms. The summed E-state index contributed by atoms with van der Waals surface area (Å²) in [5, 5.41) is 2.63. The molecule has 1 aliphatic heterocycles. The summed E-state index contributed by atoms with van der Waals surface area (Å²) in [6.45, 7) is 3.26. The van der Waals surface area contributed by atoms with Crippen molar-refractivity contribution in [1.82, 2.24) is 10.0 Å². The average molecular weight is 248 g/mol. The number of ether oxygens (including phenoxy) is 1. The molecule has 1 heterocycles. The van der Waals surface area contributed by atoms with Crippen LogP contribution in [-0.4, -0.2) is 35.1 Å². The lowest BCUT2D eigenvalue weighted by Gasteiger charge is -2.42. The Bertz CT molecular complexity index is 461. The number of rotatable bonds is 1. The van der Waals surface area contributed by atoms with Crippen LogP contribution in [-0.2, 0) is 9.53 Å². The van der Waals surface area contributed by atoms with Gasteiger partial charge in [-0.2, -0.15) is 5.01 Å². The lowest BCUT2D eigenvalue weighted by atomic mass is 10.0. The number of imide groups is 1. The van der Waals surface area contributed by atoms with E-state index >= 15 is 0 Å². The zero-order valence-electron chi connectivity index (χ0n) is 10.7. The van der Waals surface area contributed by atoms with Crippen molar-refractivity contribution in [2.75, 3.05) is 7.05 Å². The Labute approximate surface area is 106 Å². The zero-order chi connectivity index (χ0) is 13.3. The van der Waals surface area contributed by atoms with E-state index in [9.17, 15) is 9.59 Å². The fourth-order valence-electron chi connectivity index (χ4n) is 2.10. The molecule has 0 N–H and O–H groups in total.